The lowest BCUT2D eigenvalue weighted by Gasteiger charge is -2.11. The minimum absolute atomic E-state index is 0.221. The van der Waals surface area contributed by atoms with Crippen LogP contribution in [0.1, 0.15) is 12.6 Å². The molecule has 2 aromatic carbocycles. The molecule has 0 fully saturated rings. The molecule has 1 amide bonds. The van der Waals surface area contributed by atoms with E-state index in [-0.39, 0.29) is 11.6 Å². The number of carbonyl (C=O) groups is 1. The van der Waals surface area contributed by atoms with Crippen molar-refractivity contribution in [2.75, 3.05) is 10.0 Å². The van der Waals surface area contributed by atoms with Gasteiger partial charge in [0.25, 0.3) is 10.0 Å². The number of sulfonamides is 1. The Morgan fingerprint density at radius 1 is 1.04 bits per heavy atom. The summed E-state index contributed by atoms with van der Waals surface area (Å²) in [5.41, 5.74) is 1.50. The molecular formula is C18H16F2N4O3S. The van der Waals surface area contributed by atoms with Crippen molar-refractivity contribution in [3.8, 4) is 5.69 Å². The van der Waals surface area contributed by atoms with Crippen molar-refractivity contribution in [1.29, 1.82) is 0 Å². The van der Waals surface area contributed by atoms with E-state index in [1.807, 2.05) is 0 Å². The lowest BCUT2D eigenvalue weighted by Crippen LogP contribution is -2.14. The average Bonchev–Trinajstić information content (AvgIpc) is 2.97. The highest BCUT2D eigenvalue weighted by atomic mass is 32.2. The van der Waals surface area contributed by atoms with Gasteiger partial charge in [0, 0.05) is 18.7 Å². The second-order valence-electron chi connectivity index (χ2n) is 5.99. The number of carbonyl (C=O) groups excluding carboxylic acids is 1. The zero-order valence-corrected chi connectivity index (χ0v) is 15.7. The molecule has 1 heterocycles. The molecule has 0 aliphatic rings. The van der Waals surface area contributed by atoms with Crippen LogP contribution in [0.4, 0.5) is 20.3 Å². The summed E-state index contributed by atoms with van der Waals surface area (Å²) in [4.78, 5) is 10.9. The van der Waals surface area contributed by atoms with E-state index in [9.17, 15) is 22.0 Å². The van der Waals surface area contributed by atoms with Gasteiger partial charge in [0.1, 0.15) is 5.82 Å². The van der Waals surface area contributed by atoms with Crippen molar-refractivity contribution >= 4 is 27.4 Å². The number of halogens is 2. The van der Waals surface area contributed by atoms with Crippen LogP contribution in [0.5, 0.6) is 0 Å². The predicted molar refractivity (Wildman–Crippen MR) is 99.8 cm³/mol. The molecule has 146 valence electrons. The summed E-state index contributed by atoms with van der Waals surface area (Å²) in [7, 11) is -4.09. The molecule has 0 aliphatic carbocycles. The Kier molecular flexibility index (Phi) is 5.14. The Bertz CT molecular complexity index is 1140. The molecule has 3 rings (SSSR count). The number of anilines is 2. The summed E-state index contributed by atoms with van der Waals surface area (Å²) in [5.74, 6) is -2.16. The maximum Gasteiger partial charge on any atom is 0.261 e. The fourth-order valence-electron chi connectivity index (χ4n) is 2.49. The molecule has 0 radical (unpaired) electrons. The number of rotatable bonds is 5. The summed E-state index contributed by atoms with van der Waals surface area (Å²) in [5, 5.41) is 6.95. The third kappa shape index (κ3) is 4.17. The summed E-state index contributed by atoms with van der Waals surface area (Å²) in [6.45, 7) is 3.15. The molecule has 0 saturated carbocycles. The highest BCUT2D eigenvalue weighted by Crippen LogP contribution is 2.22. The van der Waals surface area contributed by atoms with Gasteiger partial charge in [-0.2, -0.15) is 5.10 Å². The van der Waals surface area contributed by atoms with Crippen LogP contribution in [0.25, 0.3) is 5.69 Å². The van der Waals surface area contributed by atoms with Crippen molar-refractivity contribution in [3.05, 3.63) is 65.9 Å². The lowest BCUT2D eigenvalue weighted by atomic mass is 10.3. The minimum Gasteiger partial charge on any atom is -0.311 e. The molecule has 7 nitrogen and oxygen atoms in total. The first-order chi connectivity index (χ1) is 13.2. The van der Waals surface area contributed by atoms with Gasteiger partial charge in [-0.15, -0.1) is 0 Å². The normalized spacial score (nSPS) is 11.3. The molecule has 28 heavy (non-hydrogen) atoms. The molecule has 0 spiro atoms. The van der Waals surface area contributed by atoms with E-state index in [2.05, 4.69) is 15.1 Å². The standard InChI is InChI=1S/C18H16F2N4O3S/c1-11-9-18(21-12(2)25)24(22-11)14-5-3-13(4-6-14)23-28(26,27)15-7-8-16(19)17(20)10-15/h3-10,23H,1-2H3,(H,21,25). The number of hydrogen-bond donors (Lipinski definition) is 2. The monoisotopic (exact) mass is 406 g/mol. The average molecular weight is 406 g/mol. The van der Waals surface area contributed by atoms with Gasteiger partial charge in [0.15, 0.2) is 11.6 Å². The van der Waals surface area contributed by atoms with Crippen molar-refractivity contribution in [3.63, 3.8) is 0 Å². The number of benzene rings is 2. The largest absolute Gasteiger partial charge is 0.311 e. The Morgan fingerprint density at radius 2 is 1.71 bits per heavy atom. The fourth-order valence-corrected chi connectivity index (χ4v) is 3.56. The van der Waals surface area contributed by atoms with E-state index in [0.29, 0.717) is 23.3 Å². The minimum atomic E-state index is -4.09. The fraction of sp³-hybridized carbons (Fsp3) is 0.111. The molecular weight excluding hydrogens is 390 g/mol. The summed E-state index contributed by atoms with van der Waals surface area (Å²) < 4.78 is 54.8. The van der Waals surface area contributed by atoms with E-state index >= 15 is 0 Å². The number of nitrogens with one attached hydrogen (secondary N) is 2. The number of aryl methyl sites for hydroxylation is 1. The number of amides is 1. The smallest absolute Gasteiger partial charge is 0.261 e. The van der Waals surface area contributed by atoms with Gasteiger partial charge >= 0.3 is 0 Å². The van der Waals surface area contributed by atoms with E-state index in [4.69, 9.17) is 0 Å². The lowest BCUT2D eigenvalue weighted by molar-refractivity contribution is -0.114. The zero-order chi connectivity index (χ0) is 20.5. The quantitative estimate of drug-likeness (QED) is 0.680. The van der Waals surface area contributed by atoms with Crippen LogP contribution in [-0.2, 0) is 14.8 Å². The zero-order valence-electron chi connectivity index (χ0n) is 14.9. The van der Waals surface area contributed by atoms with E-state index in [1.165, 1.54) is 23.7 Å². The second-order valence-corrected chi connectivity index (χ2v) is 7.67. The highest BCUT2D eigenvalue weighted by Gasteiger charge is 2.17. The van der Waals surface area contributed by atoms with Crippen LogP contribution >= 0.6 is 0 Å². The van der Waals surface area contributed by atoms with Gasteiger partial charge in [-0.3, -0.25) is 9.52 Å². The molecule has 1 aromatic heterocycles. The Hall–Kier alpha value is -3.27. The van der Waals surface area contributed by atoms with E-state index in [1.54, 1.807) is 25.1 Å². The molecule has 0 atom stereocenters. The van der Waals surface area contributed by atoms with Gasteiger partial charge in [0.2, 0.25) is 5.91 Å². The third-order valence-corrected chi connectivity index (χ3v) is 5.08. The number of aromatic nitrogens is 2. The van der Waals surface area contributed by atoms with Crippen LogP contribution in [-0.4, -0.2) is 24.1 Å². The Labute approximate surface area is 160 Å². The van der Waals surface area contributed by atoms with Gasteiger partial charge < -0.3 is 5.32 Å². The summed E-state index contributed by atoms with van der Waals surface area (Å²) in [6.07, 6.45) is 0. The maximum atomic E-state index is 13.3. The molecule has 0 saturated heterocycles. The second kappa shape index (κ2) is 7.39. The van der Waals surface area contributed by atoms with Gasteiger partial charge in [-0.05, 0) is 49.4 Å². The SMILES string of the molecule is CC(=O)Nc1cc(C)nn1-c1ccc(NS(=O)(=O)c2ccc(F)c(F)c2)cc1. The topological polar surface area (TPSA) is 93.1 Å². The van der Waals surface area contributed by atoms with Gasteiger partial charge in [0.05, 0.1) is 16.3 Å². The molecule has 0 bridgehead atoms. The molecule has 0 aliphatic heterocycles. The molecule has 3 aromatic rings. The Balaban J connectivity index is 1.85. The first-order valence-electron chi connectivity index (χ1n) is 8.08. The highest BCUT2D eigenvalue weighted by molar-refractivity contribution is 7.92. The number of nitrogens with zero attached hydrogens (tertiary/aromatic N) is 2. The molecule has 10 heteroatoms. The summed E-state index contributed by atoms with van der Waals surface area (Å²) in [6, 6.07) is 10.2. The van der Waals surface area contributed by atoms with Gasteiger partial charge in [-0.25, -0.2) is 21.9 Å². The maximum absolute atomic E-state index is 13.3. The molecule has 2 N–H and O–H groups in total. The van der Waals surface area contributed by atoms with Crippen molar-refractivity contribution in [2.45, 2.75) is 18.7 Å². The van der Waals surface area contributed by atoms with Gasteiger partial charge in [-0.1, -0.05) is 0 Å². The number of hydrogen-bond acceptors (Lipinski definition) is 4. The van der Waals surface area contributed by atoms with Crippen LogP contribution < -0.4 is 10.0 Å². The Morgan fingerprint density at radius 3 is 2.32 bits per heavy atom. The summed E-state index contributed by atoms with van der Waals surface area (Å²) >= 11 is 0. The van der Waals surface area contributed by atoms with Crippen molar-refractivity contribution in [2.24, 2.45) is 0 Å². The van der Waals surface area contributed by atoms with Crippen molar-refractivity contribution < 1.29 is 22.0 Å². The van der Waals surface area contributed by atoms with Crippen LogP contribution in [0.3, 0.4) is 0 Å². The third-order valence-electron chi connectivity index (χ3n) is 3.70. The van der Waals surface area contributed by atoms with Crippen LogP contribution in [0, 0.1) is 18.6 Å². The predicted octanol–water partition coefficient (Wildman–Crippen LogP) is 3.22. The molecule has 0 unspecified atom stereocenters. The van der Waals surface area contributed by atoms with Crippen LogP contribution in [0.2, 0.25) is 0 Å². The first kappa shape index (κ1) is 19.5. The van der Waals surface area contributed by atoms with E-state index < -0.39 is 26.6 Å². The first-order valence-corrected chi connectivity index (χ1v) is 9.56. The van der Waals surface area contributed by atoms with E-state index in [0.717, 1.165) is 12.1 Å². The van der Waals surface area contributed by atoms with Crippen LogP contribution in [0.15, 0.2) is 53.4 Å². The van der Waals surface area contributed by atoms with Crippen molar-refractivity contribution in [1.82, 2.24) is 9.78 Å².